The van der Waals surface area contributed by atoms with Crippen LogP contribution in [0.25, 0.3) is 10.9 Å². The van der Waals surface area contributed by atoms with E-state index in [0.29, 0.717) is 29.9 Å². The van der Waals surface area contributed by atoms with Gasteiger partial charge in [-0.15, -0.1) is 0 Å². The lowest BCUT2D eigenvalue weighted by Gasteiger charge is -2.42. The molecule has 0 bridgehead atoms. The van der Waals surface area contributed by atoms with Gasteiger partial charge in [-0.3, -0.25) is 4.79 Å². The Morgan fingerprint density at radius 1 is 0.844 bits per heavy atom. The van der Waals surface area contributed by atoms with E-state index in [-0.39, 0.29) is 11.7 Å². The fourth-order valence-electron chi connectivity index (χ4n) is 5.84. The third-order valence-corrected chi connectivity index (χ3v) is 7.49. The maximum atomic E-state index is 14.5. The van der Waals surface area contributed by atoms with E-state index in [1.165, 1.54) is 44.6 Å². The molecule has 1 heterocycles. The number of hydrogen-bond donors (Lipinski definition) is 0. The third-order valence-electron chi connectivity index (χ3n) is 7.49. The van der Waals surface area contributed by atoms with Crippen LogP contribution in [0.2, 0.25) is 0 Å². The zero-order valence-corrected chi connectivity index (χ0v) is 18.8. The molecule has 0 atom stereocenters. The second-order valence-electron chi connectivity index (χ2n) is 9.56. The molecule has 0 unspecified atom stereocenters. The number of aromatic nitrogens is 1. The molecule has 5 rings (SSSR count). The second kappa shape index (κ2) is 9.48. The van der Waals surface area contributed by atoms with Crippen molar-refractivity contribution in [1.82, 2.24) is 9.47 Å². The smallest absolute Gasteiger partial charge is 0.271 e. The van der Waals surface area contributed by atoms with Crippen LogP contribution in [-0.2, 0) is 6.54 Å². The van der Waals surface area contributed by atoms with Gasteiger partial charge in [-0.2, -0.15) is 0 Å². The molecule has 2 aliphatic carbocycles. The SMILES string of the molecule is O=C(c1cc2ccccc2n1Cc1ccccc1F)N(C1CCCCC1)C1CCCCC1. The van der Waals surface area contributed by atoms with Crippen LogP contribution in [0.15, 0.2) is 54.6 Å². The molecule has 1 aromatic heterocycles. The van der Waals surface area contributed by atoms with Gasteiger partial charge in [0.2, 0.25) is 0 Å². The fourth-order valence-corrected chi connectivity index (χ4v) is 5.84. The number of rotatable bonds is 5. The molecule has 0 spiro atoms. The lowest BCUT2D eigenvalue weighted by Crippen LogP contribution is -2.49. The van der Waals surface area contributed by atoms with Crippen molar-refractivity contribution in [2.75, 3.05) is 0 Å². The Hall–Kier alpha value is -2.62. The van der Waals surface area contributed by atoms with Crippen LogP contribution >= 0.6 is 0 Å². The molecule has 4 heteroatoms. The van der Waals surface area contributed by atoms with Gasteiger partial charge in [0.05, 0.1) is 6.54 Å². The van der Waals surface area contributed by atoms with Gasteiger partial charge in [0, 0.05) is 28.6 Å². The lowest BCUT2D eigenvalue weighted by atomic mass is 9.88. The standard InChI is InChI=1S/C28H33FN2O/c29-25-17-9-7-12-22(25)20-30-26-18-10-8-11-21(26)19-27(30)28(32)31(23-13-3-1-4-14-23)24-15-5-2-6-16-24/h7-12,17-19,23-24H,1-6,13-16,20H2. The van der Waals surface area contributed by atoms with Gasteiger partial charge in [-0.1, -0.05) is 74.9 Å². The monoisotopic (exact) mass is 432 g/mol. The highest BCUT2D eigenvalue weighted by atomic mass is 19.1. The number of benzene rings is 2. The highest BCUT2D eigenvalue weighted by Crippen LogP contribution is 2.33. The minimum absolute atomic E-state index is 0.135. The summed E-state index contributed by atoms with van der Waals surface area (Å²) in [4.78, 5) is 16.5. The minimum Gasteiger partial charge on any atom is -0.332 e. The molecule has 168 valence electrons. The first-order chi connectivity index (χ1) is 15.7. The van der Waals surface area contributed by atoms with Gasteiger partial charge in [-0.25, -0.2) is 4.39 Å². The summed E-state index contributed by atoms with van der Waals surface area (Å²) in [5.74, 6) is -0.0866. The van der Waals surface area contributed by atoms with Crippen LogP contribution in [0, 0.1) is 5.82 Å². The van der Waals surface area contributed by atoms with Crippen molar-refractivity contribution in [3.05, 3.63) is 71.7 Å². The highest BCUT2D eigenvalue weighted by molar-refractivity contribution is 5.99. The van der Waals surface area contributed by atoms with Crippen LogP contribution in [0.1, 0.15) is 80.3 Å². The number of fused-ring (bicyclic) bond motifs is 1. The third kappa shape index (κ3) is 4.20. The Labute approximate surface area is 190 Å². The number of carbonyl (C=O) groups is 1. The molecule has 0 aliphatic heterocycles. The Bertz CT molecular complexity index is 1060. The second-order valence-corrected chi connectivity index (χ2v) is 9.56. The van der Waals surface area contributed by atoms with Crippen molar-refractivity contribution in [2.45, 2.75) is 82.8 Å². The quantitative estimate of drug-likeness (QED) is 0.429. The summed E-state index contributed by atoms with van der Waals surface area (Å²) >= 11 is 0. The number of carbonyl (C=O) groups excluding carboxylic acids is 1. The zero-order chi connectivity index (χ0) is 21.9. The van der Waals surface area contributed by atoms with Crippen LogP contribution < -0.4 is 0 Å². The lowest BCUT2D eigenvalue weighted by molar-refractivity contribution is 0.0438. The van der Waals surface area contributed by atoms with E-state index in [1.807, 2.05) is 41.0 Å². The van der Waals surface area contributed by atoms with Gasteiger partial charge in [-0.05, 0) is 43.9 Å². The molecule has 3 aromatic rings. The number of hydrogen-bond acceptors (Lipinski definition) is 1. The van der Waals surface area contributed by atoms with Crippen molar-refractivity contribution in [1.29, 1.82) is 0 Å². The molecule has 3 nitrogen and oxygen atoms in total. The normalized spacial score (nSPS) is 18.2. The summed E-state index contributed by atoms with van der Waals surface area (Å²) in [6.45, 7) is 0.366. The summed E-state index contributed by atoms with van der Waals surface area (Å²) in [6.07, 6.45) is 11.8. The van der Waals surface area contributed by atoms with E-state index in [4.69, 9.17) is 0 Å². The Morgan fingerprint density at radius 2 is 1.44 bits per heavy atom. The van der Waals surface area contributed by atoms with E-state index in [9.17, 15) is 9.18 Å². The van der Waals surface area contributed by atoms with Gasteiger partial charge >= 0.3 is 0 Å². The minimum atomic E-state index is -0.222. The summed E-state index contributed by atoms with van der Waals surface area (Å²) < 4.78 is 16.6. The molecule has 2 aromatic carbocycles. The predicted molar refractivity (Wildman–Crippen MR) is 127 cm³/mol. The summed E-state index contributed by atoms with van der Waals surface area (Å²) in [5.41, 5.74) is 2.31. The molecule has 1 amide bonds. The molecule has 0 radical (unpaired) electrons. The molecular formula is C28H33FN2O. The highest BCUT2D eigenvalue weighted by Gasteiger charge is 2.34. The Balaban J connectivity index is 1.56. The zero-order valence-electron chi connectivity index (χ0n) is 18.8. The van der Waals surface area contributed by atoms with Crippen molar-refractivity contribution in [2.24, 2.45) is 0 Å². The number of para-hydroxylation sites is 1. The van der Waals surface area contributed by atoms with E-state index < -0.39 is 0 Å². The van der Waals surface area contributed by atoms with Gasteiger partial charge < -0.3 is 9.47 Å². The van der Waals surface area contributed by atoms with E-state index in [1.54, 1.807) is 6.07 Å². The van der Waals surface area contributed by atoms with Crippen molar-refractivity contribution in [3.63, 3.8) is 0 Å². The predicted octanol–water partition coefficient (Wildman–Crippen LogP) is 6.94. The van der Waals surface area contributed by atoms with Crippen LogP contribution in [0.3, 0.4) is 0 Å². The maximum Gasteiger partial charge on any atom is 0.271 e. The molecule has 0 saturated heterocycles. The van der Waals surface area contributed by atoms with E-state index >= 15 is 0 Å². The number of nitrogens with zero attached hydrogens (tertiary/aromatic N) is 2. The van der Waals surface area contributed by atoms with Crippen LogP contribution in [0.4, 0.5) is 4.39 Å². The molecule has 32 heavy (non-hydrogen) atoms. The Kier molecular flexibility index (Phi) is 6.29. The molecule has 0 N–H and O–H groups in total. The molecule has 2 aliphatic rings. The summed E-state index contributed by atoms with van der Waals surface area (Å²) in [6, 6.07) is 17.7. The molecule has 2 saturated carbocycles. The fraction of sp³-hybridized carbons (Fsp3) is 0.464. The van der Waals surface area contributed by atoms with Crippen molar-refractivity contribution in [3.8, 4) is 0 Å². The first-order valence-corrected chi connectivity index (χ1v) is 12.4. The van der Waals surface area contributed by atoms with Crippen LogP contribution in [0.5, 0.6) is 0 Å². The average molecular weight is 433 g/mol. The van der Waals surface area contributed by atoms with Gasteiger partial charge in [0.1, 0.15) is 11.5 Å². The first-order valence-electron chi connectivity index (χ1n) is 12.4. The maximum absolute atomic E-state index is 14.5. The summed E-state index contributed by atoms with van der Waals surface area (Å²) in [7, 11) is 0. The van der Waals surface area contributed by atoms with Gasteiger partial charge in [0.25, 0.3) is 5.91 Å². The summed E-state index contributed by atoms with van der Waals surface area (Å²) in [5, 5.41) is 1.04. The average Bonchev–Trinajstić information content (AvgIpc) is 3.20. The largest absolute Gasteiger partial charge is 0.332 e. The van der Waals surface area contributed by atoms with Crippen LogP contribution in [-0.4, -0.2) is 27.5 Å². The van der Waals surface area contributed by atoms with Gasteiger partial charge in [0.15, 0.2) is 0 Å². The first kappa shape index (κ1) is 21.2. The molecule has 2 fully saturated rings. The Morgan fingerprint density at radius 3 is 2.09 bits per heavy atom. The van der Waals surface area contributed by atoms with Crippen molar-refractivity contribution < 1.29 is 9.18 Å². The number of amides is 1. The topological polar surface area (TPSA) is 25.2 Å². The van der Waals surface area contributed by atoms with E-state index in [0.717, 1.165) is 36.6 Å². The number of halogens is 1. The van der Waals surface area contributed by atoms with Crippen molar-refractivity contribution >= 4 is 16.8 Å². The van der Waals surface area contributed by atoms with E-state index in [2.05, 4.69) is 11.0 Å². The molecular weight excluding hydrogens is 399 g/mol.